The van der Waals surface area contributed by atoms with Crippen LogP contribution in [-0.4, -0.2) is 34.4 Å². The van der Waals surface area contributed by atoms with E-state index < -0.39 is 0 Å². The number of aromatic amines is 1. The van der Waals surface area contributed by atoms with E-state index in [1.807, 2.05) is 67.4 Å². The molecule has 0 unspecified atom stereocenters. The first-order chi connectivity index (χ1) is 12.5. The molecule has 6 heteroatoms. The van der Waals surface area contributed by atoms with Crippen LogP contribution in [0.3, 0.4) is 0 Å². The first kappa shape index (κ1) is 17.8. The van der Waals surface area contributed by atoms with Crippen LogP contribution in [0.15, 0.2) is 59.4 Å². The quantitative estimate of drug-likeness (QED) is 0.715. The van der Waals surface area contributed by atoms with Crippen molar-refractivity contribution in [3.8, 4) is 0 Å². The van der Waals surface area contributed by atoms with Crippen LogP contribution in [0.25, 0.3) is 10.9 Å². The van der Waals surface area contributed by atoms with Gasteiger partial charge in [-0.1, -0.05) is 42.5 Å². The van der Waals surface area contributed by atoms with Gasteiger partial charge < -0.3 is 10.3 Å². The first-order valence-electron chi connectivity index (χ1n) is 8.53. The fourth-order valence-electron chi connectivity index (χ4n) is 2.88. The Morgan fingerprint density at radius 2 is 1.85 bits per heavy atom. The van der Waals surface area contributed by atoms with Gasteiger partial charge in [0.2, 0.25) is 5.91 Å². The molecule has 1 aromatic heterocycles. The van der Waals surface area contributed by atoms with Gasteiger partial charge in [-0.2, -0.15) is 0 Å². The topological polar surface area (TPSA) is 78.1 Å². The number of nitrogens with one attached hydrogen (secondary N) is 2. The monoisotopic (exact) mass is 350 g/mol. The number of amides is 1. The van der Waals surface area contributed by atoms with Crippen LogP contribution < -0.4 is 10.9 Å². The van der Waals surface area contributed by atoms with Crippen LogP contribution in [0.5, 0.6) is 0 Å². The SMILES string of the molecule is C[C@H](NC(=O)CN(C)Cc1nc2ccccc2c(=O)[nH]1)c1ccccc1. The van der Waals surface area contributed by atoms with Crippen molar-refractivity contribution in [3.05, 3.63) is 76.3 Å². The number of H-pyrrole nitrogens is 1. The number of hydrogen-bond donors (Lipinski definition) is 2. The maximum Gasteiger partial charge on any atom is 0.258 e. The van der Waals surface area contributed by atoms with Crippen molar-refractivity contribution < 1.29 is 4.79 Å². The molecule has 26 heavy (non-hydrogen) atoms. The Morgan fingerprint density at radius 1 is 1.15 bits per heavy atom. The Labute approximate surface area is 151 Å². The predicted molar refractivity (Wildman–Crippen MR) is 102 cm³/mol. The van der Waals surface area contributed by atoms with Crippen molar-refractivity contribution in [2.45, 2.75) is 19.5 Å². The van der Waals surface area contributed by atoms with E-state index in [0.717, 1.165) is 5.56 Å². The third-order valence-corrected chi connectivity index (χ3v) is 4.17. The van der Waals surface area contributed by atoms with Crippen LogP contribution in [0.2, 0.25) is 0 Å². The average Bonchev–Trinajstić information content (AvgIpc) is 2.62. The number of carbonyl (C=O) groups is 1. The lowest BCUT2D eigenvalue weighted by Crippen LogP contribution is -2.36. The summed E-state index contributed by atoms with van der Waals surface area (Å²) in [5, 5.41) is 3.54. The van der Waals surface area contributed by atoms with Gasteiger partial charge >= 0.3 is 0 Å². The number of fused-ring (bicyclic) bond motifs is 1. The first-order valence-corrected chi connectivity index (χ1v) is 8.53. The second-order valence-electron chi connectivity index (χ2n) is 6.40. The van der Waals surface area contributed by atoms with Gasteiger partial charge in [0.05, 0.1) is 30.0 Å². The summed E-state index contributed by atoms with van der Waals surface area (Å²) in [6.07, 6.45) is 0. The Kier molecular flexibility index (Phi) is 5.43. The number of rotatable bonds is 6. The Hall–Kier alpha value is -2.99. The predicted octanol–water partition coefficient (Wildman–Crippen LogP) is 2.23. The zero-order chi connectivity index (χ0) is 18.5. The van der Waals surface area contributed by atoms with Crippen molar-refractivity contribution in [1.82, 2.24) is 20.2 Å². The molecule has 0 aliphatic rings. The minimum Gasteiger partial charge on any atom is -0.348 e. The molecule has 0 radical (unpaired) electrons. The van der Waals surface area contributed by atoms with E-state index in [0.29, 0.717) is 23.3 Å². The lowest BCUT2D eigenvalue weighted by atomic mass is 10.1. The summed E-state index contributed by atoms with van der Waals surface area (Å²) in [6.45, 7) is 2.55. The zero-order valence-electron chi connectivity index (χ0n) is 14.9. The minimum atomic E-state index is -0.166. The summed E-state index contributed by atoms with van der Waals surface area (Å²) >= 11 is 0. The van der Waals surface area contributed by atoms with Gasteiger partial charge in [-0.25, -0.2) is 4.98 Å². The van der Waals surface area contributed by atoms with Gasteiger partial charge in [0, 0.05) is 0 Å². The van der Waals surface area contributed by atoms with Gasteiger partial charge in [0.25, 0.3) is 5.56 Å². The number of nitrogens with zero attached hydrogens (tertiary/aromatic N) is 2. The molecule has 0 spiro atoms. The second kappa shape index (κ2) is 7.93. The van der Waals surface area contributed by atoms with E-state index in [9.17, 15) is 9.59 Å². The third kappa shape index (κ3) is 4.34. The molecule has 2 N–H and O–H groups in total. The summed E-state index contributed by atoms with van der Waals surface area (Å²) in [5.41, 5.74) is 1.55. The van der Waals surface area contributed by atoms with Gasteiger partial charge in [0.15, 0.2) is 0 Å². The van der Waals surface area contributed by atoms with Crippen LogP contribution in [0.1, 0.15) is 24.4 Å². The highest BCUT2D eigenvalue weighted by Crippen LogP contribution is 2.11. The van der Waals surface area contributed by atoms with E-state index in [4.69, 9.17) is 0 Å². The number of carbonyl (C=O) groups excluding carboxylic acids is 1. The molecule has 1 atom stereocenters. The van der Waals surface area contributed by atoms with Crippen molar-refractivity contribution >= 4 is 16.8 Å². The summed E-state index contributed by atoms with van der Waals surface area (Å²) in [7, 11) is 1.82. The summed E-state index contributed by atoms with van der Waals surface area (Å²) in [5.74, 6) is 0.465. The van der Waals surface area contributed by atoms with Crippen molar-refractivity contribution in [3.63, 3.8) is 0 Å². The molecule has 1 heterocycles. The molecular weight excluding hydrogens is 328 g/mol. The molecule has 0 saturated carbocycles. The lowest BCUT2D eigenvalue weighted by Gasteiger charge is -2.19. The maximum atomic E-state index is 12.3. The van der Waals surface area contributed by atoms with Crippen LogP contribution in [-0.2, 0) is 11.3 Å². The van der Waals surface area contributed by atoms with E-state index in [1.165, 1.54) is 0 Å². The van der Waals surface area contributed by atoms with Crippen LogP contribution in [0, 0.1) is 0 Å². The Balaban J connectivity index is 1.61. The molecule has 1 amide bonds. The maximum absolute atomic E-state index is 12.3. The smallest absolute Gasteiger partial charge is 0.258 e. The summed E-state index contributed by atoms with van der Waals surface area (Å²) in [6, 6.07) is 17.0. The van der Waals surface area contributed by atoms with E-state index in [-0.39, 0.29) is 24.1 Å². The Morgan fingerprint density at radius 3 is 2.62 bits per heavy atom. The number of aromatic nitrogens is 2. The highest BCUT2D eigenvalue weighted by molar-refractivity contribution is 5.78. The van der Waals surface area contributed by atoms with Crippen molar-refractivity contribution in [2.24, 2.45) is 0 Å². The highest BCUT2D eigenvalue weighted by Gasteiger charge is 2.13. The molecule has 0 saturated heterocycles. The number of likely N-dealkylation sites (N-methyl/N-ethyl adjacent to an activating group) is 1. The zero-order valence-corrected chi connectivity index (χ0v) is 14.9. The number of hydrogen-bond acceptors (Lipinski definition) is 4. The summed E-state index contributed by atoms with van der Waals surface area (Å²) in [4.78, 5) is 33.4. The third-order valence-electron chi connectivity index (χ3n) is 4.17. The summed E-state index contributed by atoms with van der Waals surface area (Å²) < 4.78 is 0. The van der Waals surface area contributed by atoms with Gasteiger partial charge in [-0.15, -0.1) is 0 Å². The molecule has 0 aliphatic heterocycles. The standard InChI is InChI=1S/C20H22N4O2/c1-14(15-8-4-3-5-9-15)21-19(25)13-24(2)12-18-22-17-11-7-6-10-16(17)20(26)23-18/h3-11,14H,12-13H2,1-2H3,(H,21,25)(H,22,23,26)/t14-/m0/s1. The molecule has 134 valence electrons. The van der Waals surface area contributed by atoms with Gasteiger partial charge in [-0.3, -0.25) is 14.5 Å². The van der Waals surface area contributed by atoms with Crippen LogP contribution >= 0.6 is 0 Å². The molecule has 0 bridgehead atoms. The number of benzene rings is 2. The molecular formula is C20H22N4O2. The Bertz CT molecular complexity index is 953. The van der Waals surface area contributed by atoms with Crippen molar-refractivity contribution in [2.75, 3.05) is 13.6 Å². The van der Waals surface area contributed by atoms with E-state index >= 15 is 0 Å². The van der Waals surface area contributed by atoms with E-state index in [1.54, 1.807) is 6.07 Å². The molecule has 3 rings (SSSR count). The van der Waals surface area contributed by atoms with E-state index in [2.05, 4.69) is 15.3 Å². The molecule has 2 aromatic carbocycles. The molecule has 0 aliphatic carbocycles. The van der Waals surface area contributed by atoms with Crippen LogP contribution in [0.4, 0.5) is 0 Å². The fraction of sp³-hybridized carbons (Fsp3) is 0.250. The molecule has 6 nitrogen and oxygen atoms in total. The van der Waals surface area contributed by atoms with Gasteiger partial charge in [-0.05, 0) is 31.7 Å². The highest BCUT2D eigenvalue weighted by atomic mass is 16.2. The number of para-hydroxylation sites is 1. The normalized spacial score (nSPS) is 12.3. The second-order valence-corrected chi connectivity index (χ2v) is 6.40. The average molecular weight is 350 g/mol. The largest absolute Gasteiger partial charge is 0.348 e. The molecule has 3 aromatic rings. The lowest BCUT2D eigenvalue weighted by molar-refractivity contribution is -0.122. The van der Waals surface area contributed by atoms with Crippen molar-refractivity contribution in [1.29, 1.82) is 0 Å². The molecule has 0 fully saturated rings. The minimum absolute atomic E-state index is 0.0595. The van der Waals surface area contributed by atoms with Gasteiger partial charge in [0.1, 0.15) is 5.82 Å². The fourth-order valence-corrected chi connectivity index (χ4v) is 2.88.